The van der Waals surface area contributed by atoms with Gasteiger partial charge in [-0.05, 0) is 61.9 Å². The molecule has 1 aliphatic heterocycles. The molecule has 0 bridgehead atoms. The Hall–Kier alpha value is -2.31. The Morgan fingerprint density at radius 2 is 1.97 bits per heavy atom. The van der Waals surface area contributed by atoms with Crippen LogP contribution < -0.4 is 10.2 Å². The van der Waals surface area contributed by atoms with E-state index in [1.165, 1.54) is 6.42 Å². The fourth-order valence-electron chi connectivity index (χ4n) is 5.00. The lowest BCUT2D eigenvalue weighted by molar-refractivity contribution is -0.127. The molecule has 1 saturated carbocycles. The molecule has 2 amide bonds. The lowest BCUT2D eigenvalue weighted by Gasteiger charge is -2.45. The predicted octanol–water partition coefficient (Wildman–Crippen LogP) is 5.53. The van der Waals surface area contributed by atoms with E-state index in [0.29, 0.717) is 22.9 Å². The van der Waals surface area contributed by atoms with Crippen LogP contribution in [0.25, 0.3) is 10.2 Å². The summed E-state index contributed by atoms with van der Waals surface area (Å²) in [5.74, 6) is -0.267. The minimum atomic E-state index is -1.06. The highest BCUT2D eigenvalue weighted by molar-refractivity contribution is 7.17. The fraction of sp³-hybridized carbons (Fsp3) is 0.417. The van der Waals surface area contributed by atoms with Crippen LogP contribution in [0.4, 0.5) is 5.69 Å². The molecule has 5 rings (SSSR count). The number of thiophene rings is 1. The number of halogens is 1. The molecule has 3 heterocycles. The summed E-state index contributed by atoms with van der Waals surface area (Å²) in [6.45, 7) is 4.23. The molecule has 2 aromatic heterocycles. The smallest absolute Gasteiger partial charge is 0.275 e. The molecule has 0 unspecified atom stereocenters. The molecule has 0 spiro atoms. The van der Waals surface area contributed by atoms with Gasteiger partial charge < -0.3 is 9.88 Å². The summed E-state index contributed by atoms with van der Waals surface area (Å²) in [7, 11) is 0. The van der Waals surface area contributed by atoms with Gasteiger partial charge in [-0.1, -0.05) is 36.9 Å². The number of rotatable bonds is 3. The topological polar surface area (TPSA) is 54.3 Å². The van der Waals surface area contributed by atoms with Crippen molar-refractivity contribution >= 4 is 50.7 Å². The Balaban J connectivity index is 1.63. The van der Waals surface area contributed by atoms with Gasteiger partial charge in [-0.25, -0.2) is 0 Å². The van der Waals surface area contributed by atoms with Gasteiger partial charge in [0.2, 0.25) is 5.91 Å². The molecule has 0 radical (unpaired) electrons. The number of fused-ring (bicyclic) bond motifs is 3. The van der Waals surface area contributed by atoms with Crippen molar-refractivity contribution in [3.05, 3.63) is 52.0 Å². The van der Waals surface area contributed by atoms with Gasteiger partial charge in [-0.3, -0.25) is 14.5 Å². The normalized spacial score (nSPS) is 22.0. The van der Waals surface area contributed by atoms with Crippen molar-refractivity contribution in [1.29, 1.82) is 0 Å². The van der Waals surface area contributed by atoms with E-state index in [0.717, 1.165) is 41.5 Å². The molecule has 7 heteroatoms. The minimum absolute atomic E-state index is 0.102. The molecule has 1 atom stereocenters. The number of carbonyl (C=O) groups excluding carboxylic acids is 2. The van der Waals surface area contributed by atoms with Crippen LogP contribution in [0, 0.1) is 6.92 Å². The van der Waals surface area contributed by atoms with E-state index in [4.69, 9.17) is 11.6 Å². The summed E-state index contributed by atoms with van der Waals surface area (Å²) in [5, 5.41) is 5.84. The number of aromatic nitrogens is 1. The van der Waals surface area contributed by atoms with Gasteiger partial charge in [0.1, 0.15) is 11.2 Å². The van der Waals surface area contributed by atoms with Gasteiger partial charge in [0.05, 0.1) is 16.8 Å². The first kappa shape index (κ1) is 20.6. The Bertz CT molecular complexity index is 1180. The largest absolute Gasteiger partial charge is 0.351 e. The molecule has 1 aliphatic carbocycles. The van der Waals surface area contributed by atoms with Crippen molar-refractivity contribution in [2.24, 2.45) is 0 Å². The summed E-state index contributed by atoms with van der Waals surface area (Å²) in [5.41, 5.74) is 2.16. The fourth-order valence-corrected chi connectivity index (χ4v) is 5.99. The highest BCUT2D eigenvalue weighted by Gasteiger charge is 2.49. The second kappa shape index (κ2) is 7.68. The first-order valence-corrected chi connectivity index (χ1v) is 12.1. The van der Waals surface area contributed by atoms with E-state index in [1.807, 2.05) is 48.1 Å². The highest BCUT2D eigenvalue weighted by Crippen LogP contribution is 2.39. The third kappa shape index (κ3) is 3.37. The number of nitrogens with zero attached hydrogens (tertiary/aromatic N) is 2. The number of nitrogens with one attached hydrogen (secondary N) is 1. The summed E-state index contributed by atoms with van der Waals surface area (Å²) in [6, 6.07) is 9.64. The number of carbonyl (C=O) groups is 2. The summed E-state index contributed by atoms with van der Waals surface area (Å²) in [4.78, 5) is 29.3. The van der Waals surface area contributed by atoms with E-state index in [1.54, 1.807) is 22.3 Å². The number of hydrogen-bond acceptors (Lipinski definition) is 3. The first-order chi connectivity index (χ1) is 14.9. The molecule has 2 aliphatic rings. The lowest BCUT2D eigenvalue weighted by Crippen LogP contribution is -2.65. The zero-order chi connectivity index (χ0) is 21.8. The lowest BCUT2D eigenvalue weighted by atomic mass is 9.90. The maximum absolute atomic E-state index is 13.8. The maximum atomic E-state index is 13.8. The number of benzene rings is 1. The van der Waals surface area contributed by atoms with Gasteiger partial charge in [-0.15, -0.1) is 11.3 Å². The SMILES string of the molecule is Cc1ccc(Cl)cc1N1C(=O)c2cc3sccc3n2C[C@]1(C)C(=O)NC1CCCCC1. The summed E-state index contributed by atoms with van der Waals surface area (Å²) >= 11 is 7.93. The summed E-state index contributed by atoms with van der Waals surface area (Å²) in [6.07, 6.45) is 5.48. The maximum Gasteiger partial charge on any atom is 0.275 e. The van der Waals surface area contributed by atoms with Crippen LogP contribution in [-0.2, 0) is 11.3 Å². The zero-order valence-electron chi connectivity index (χ0n) is 17.8. The average molecular weight is 456 g/mol. The monoisotopic (exact) mass is 455 g/mol. The number of hydrogen-bond donors (Lipinski definition) is 1. The Kier molecular flexibility index (Phi) is 5.10. The van der Waals surface area contributed by atoms with Crippen LogP contribution in [0.15, 0.2) is 35.7 Å². The van der Waals surface area contributed by atoms with Crippen molar-refractivity contribution in [2.45, 2.75) is 64.1 Å². The Morgan fingerprint density at radius 1 is 1.19 bits per heavy atom. The quantitative estimate of drug-likeness (QED) is 0.564. The Morgan fingerprint density at radius 3 is 2.74 bits per heavy atom. The number of anilines is 1. The van der Waals surface area contributed by atoms with Crippen molar-refractivity contribution < 1.29 is 9.59 Å². The van der Waals surface area contributed by atoms with E-state index in [-0.39, 0.29) is 17.9 Å². The van der Waals surface area contributed by atoms with Gasteiger partial charge in [0, 0.05) is 16.8 Å². The van der Waals surface area contributed by atoms with Gasteiger partial charge in [-0.2, -0.15) is 0 Å². The predicted molar refractivity (Wildman–Crippen MR) is 126 cm³/mol. The van der Waals surface area contributed by atoms with Gasteiger partial charge >= 0.3 is 0 Å². The van der Waals surface area contributed by atoms with E-state index < -0.39 is 5.54 Å². The van der Waals surface area contributed by atoms with Crippen LogP contribution in [0.1, 0.15) is 55.1 Å². The molecule has 31 heavy (non-hydrogen) atoms. The first-order valence-electron chi connectivity index (χ1n) is 10.9. The van der Waals surface area contributed by atoms with Gasteiger partial charge in [0.25, 0.3) is 5.91 Å². The van der Waals surface area contributed by atoms with Crippen molar-refractivity contribution in [3.8, 4) is 0 Å². The molecule has 1 fully saturated rings. The second-order valence-electron chi connectivity index (χ2n) is 8.94. The van der Waals surface area contributed by atoms with E-state index in [9.17, 15) is 9.59 Å². The van der Waals surface area contributed by atoms with Crippen LogP contribution in [0.5, 0.6) is 0 Å². The molecule has 162 valence electrons. The van der Waals surface area contributed by atoms with Crippen LogP contribution in [-0.4, -0.2) is 28.0 Å². The van der Waals surface area contributed by atoms with Gasteiger partial charge in [0.15, 0.2) is 0 Å². The highest BCUT2D eigenvalue weighted by atomic mass is 35.5. The van der Waals surface area contributed by atoms with Crippen LogP contribution in [0.2, 0.25) is 5.02 Å². The van der Waals surface area contributed by atoms with Crippen molar-refractivity contribution in [1.82, 2.24) is 9.88 Å². The molecular weight excluding hydrogens is 430 g/mol. The molecule has 5 nitrogen and oxygen atoms in total. The standard InChI is InChI=1S/C24H26ClN3O2S/c1-15-8-9-16(25)12-19(15)28-22(29)20-13-21-18(10-11-31-21)27(20)14-24(28,2)23(30)26-17-6-4-3-5-7-17/h8-13,17H,3-7,14H2,1-2H3,(H,26,30)/t24-/m1/s1. The Labute approximate surface area is 191 Å². The van der Waals surface area contributed by atoms with Crippen molar-refractivity contribution in [2.75, 3.05) is 4.90 Å². The molecule has 3 aromatic rings. The molecule has 1 aromatic carbocycles. The second-order valence-corrected chi connectivity index (χ2v) is 10.3. The third-order valence-electron chi connectivity index (χ3n) is 6.75. The number of aryl methyl sites for hydroxylation is 1. The zero-order valence-corrected chi connectivity index (χ0v) is 19.4. The van der Waals surface area contributed by atoms with Crippen LogP contribution in [0.3, 0.4) is 0 Å². The van der Waals surface area contributed by atoms with Crippen molar-refractivity contribution in [3.63, 3.8) is 0 Å². The average Bonchev–Trinajstić information content (AvgIpc) is 3.34. The third-order valence-corrected chi connectivity index (χ3v) is 7.83. The number of amides is 2. The van der Waals surface area contributed by atoms with Crippen LogP contribution >= 0.6 is 22.9 Å². The molecule has 0 saturated heterocycles. The molecule has 1 N–H and O–H groups in total. The van der Waals surface area contributed by atoms with E-state index in [2.05, 4.69) is 5.32 Å². The summed E-state index contributed by atoms with van der Waals surface area (Å²) < 4.78 is 3.06. The molecular formula is C24H26ClN3O2S. The van der Waals surface area contributed by atoms with E-state index >= 15 is 0 Å². The minimum Gasteiger partial charge on any atom is -0.351 e.